The standard InChI is InChI=1S/C26H20N6O3S/c1-16-11-13-17(14-12-16)31-24(33)18-7-3-5-9-20(18)32-25(31)28-29-26(32)36-15-22-27-23(30-35-22)19-8-4-6-10-21(19)34-2/h3-14H,15H2,1-2H3. The molecule has 0 aliphatic rings. The molecule has 0 saturated heterocycles. The van der Waals surface area contributed by atoms with E-state index in [1.54, 1.807) is 11.7 Å². The second-order valence-electron chi connectivity index (χ2n) is 8.11. The van der Waals surface area contributed by atoms with Gasteiger partial charge in [0.05, 0.1) is 35.0 Å². The smallest absolute Gasteiger partial charge is 0.267 e. The quantitative estimate of drug-likeness (QED) is 0.306. The maximum absolute atomic E-state index is 13.4. The van der Waals surface area contributed by atoms with Crippen molar-refractivity contribution >= 4 is 28.4 Å². The Bertz CT molecular complexity index is 1770. The third-order valence-electron chi connectivity index (χ3n) is 5.83. The molecule has 0 N–H and O–H groups in total. The van der Waals surface area contributed by atoms with E-state index in [0.717, 1.165) is 22.3 Å². The lowest BCUT2D eigenvalue weighted by molar-refractivity contribution is 0.390. The molecule has 36 heavy (non-hydrogen) atoms. The highest BCUT2D eigenvalue weighted by Gasteiger charge is 2.19. The number of para-hydroxylation sites is 2. The minimum Gasteiger partial charge on any atom is -0.496 e. The van der Waals surface area contributed by atoms with Gasteiger partial charge in [0.25, 0.3) is 5.56 Å². The van der Waals surface area contributed by atoms with Gasteiger partial charge in [-0.2, -0.15) is 4.98 Å². The highest BCUT2D eigenvalue weighted by Crippen LogP contribution is 2.29. The number of rotatable bonds is 6. The van der Waals surface area contributed by atoms with Crippen LogP contribution < -0.4 is 10.3 Å². The van der Waals surface area contributed by atoms with Crippen molar-refractivity contribution in [3.63, 3.8) is 0 Å². The second kappa shape index (κ2) is 8.97. The van der Waals surface area contributed by atoms with E-state index in [1.165, 1.54) is 11.8 Å². The molecular formula is C26H20N6O3S. The van der Waals surface area contributed by atoms with Crippen molar-refractivity contribution in [3.05, 3.63) is 94.6 Å². The number of fused-ring (bicyclic) bond motifs is 3. The molecule has 0 atom stereocenters. The summed E-state index contributed by atoms with van der Waals surface area (Å²) < 4.78 is 14.4. The molecule has 178 valence electrons. The van der Waals surface area contributed by atoms with Crippen molar-refractivity contribution in [2.45, 2.75) is 17.8 Å². The first kappa shape index (κ1) is 22.1. The summed E-state index contributed by atoms with van der Waals surface area (Å²) in [6, 6.07) is 22.7. The summed E-state index contributed by atoms with van der Waals surface area (Å²) in [5.74, 6) is 2.37. The van der Waals surface area contributed by atoms with Crippen LogP contribution in [-0.4, -0.2) is 36.4 Å². The lowest BCUT2D eigenvalue weighted by Gasteiger charge is -2.11. The van der Waals surface area contributed by atoms with Crippen molar-refractivity contribution in [3.8, 4) is 22.8 Å². The minimum atomic E-state index is -0.149. The molecule has 0 bridgehead atoms. The number of methoxy groups -OCH3 is 1. The van der Waals surface area contributed by atoms with Gasteiger partial charge < -0.3 is 9.26 Å². The van der Waals surface area contributed by atoms with Gasteiger partial charge in [-0.1, -0.05) is 58.9 Å². The lowest BCUT2D eigenvalue weighted by Crippen LogP contribution is -2.21. The molecule has 0 aliphatic heterocycles. The van der Waals surface area contributed by atoms with Gasteiger partial charge in [0, 0.05) is 0 Å². The summed E-state index contributed by atoms with van der Waals surface area (Å²) in [6.45, 7) is 2.01. The zero-order chi connectivity index (χ0) is 24.6. The van der Waals surface area contributed by atoms with E-state index in [2.05, 4.69) is 20.3 Å². The third-order valence-corrected chi connectivity index (χ3v) is 6.74. The van der Waals surface area contributed by atoms with Gasteiger partial charge in [0.15, 0.2) is 5.16 Å². The average molecular weight is 497 g/mol. The van der Waals surface area contributed by atoms with Gasteiger partial charge in [-0.15, -0.1) is 10.2 Å². The Morgan fingerprint density at radius 2 is 1.75 bits per heavy atom. The maximum atomic E-state index is 13.4. The molecule has 0 spiro atoms. The first-order valence-electron chi connectivity index (χ1n) is 11.2. The van der Waals surface area contributed by atoms with Crippen molar-refractivity contribution in [1.29, 1.82) is 0 Å². The Morgan fingerprint density at radius 3 is 2.58 bits per heavy atom. The zero-order valence-electron chi connectivity index (χ0n) is 19.5. The summed E-state index contributed by atoms with van der Waals surface area (Å²) >= 11 is 1.40. The van der Waals surface area contributed by atoms with E-state index in [9.17, 15) is 4.79 Å². The SMILES string of the molecule is COc1ccccc1-c1noc(CSc2nnc3n(-c4ccc(C)cc4)c(=O)c4ccccc4n23)n1. The Balaban J connectivity index is 1.40. The van der Waals surface area contributed by atoms with Gasteiger partial charge >= 0.3 is 0 Å². The number of aryl methyl sites for hydroxylation is 1. The summed E-state index contributed by atoms with van der Waals surface area (Å²) in [7, 11) is 1.60. The Morgan fingerprint density at radius 1 is 0.972 bits per heavy atom. The van der Waals surface area contributed by atoms with Crippen LogP contribution in [0.2, 0.25) is 0 Å². The first-order chi connectivity index (χ1) is 17.6. The number of nitrogens with zero attached hydrogens (tertiary/aromatic N) is 6. The fraction of sp³-hybridized carbons (Fsp3) is 0.115. The Hall–Kier alpha value is -4.44. The normalized spacial score (nSPS) is 11.4. The minimum absolute atomic E-state index is 0.149. The largest absolute Gasteiger partial charge is 0.496 e. The molecule has 9 nitrogen and oxygen atoms in total. The molecule has 3 aromatic carbocycles. The van der Waals surface area contributed by atoms with Gasteiger partial charge in [0.2, 0.25) is 17.5 Å². The Kier molecular flexibility index (Phi) is 5.49. The predicted molar refractivity (Wildman–Crippen MR) is 137 cm³/mol. The highest BCUT2D eigenvalue weighted by atomic mass is 32.2. The van der Waals surface area contributed by atoms with Crippen LogP contribution in [0.25, 0.3) is 33.8 Å². The monoisotopic (exact) mass is 496 g/mol. The van der Waals surface area contributed by atoms with E-state index < -0.39 is 0 Å². The second-order valence-corrected chi connectivity index (χ2v) is 9.05. The van der Waals surface area contributed by atoms with E-state index in [4.69, 9.17) is 9.26 Å². The molecular weight excluding hydrogens is 476 g/mol. The van der Waals surface area contributed by atoms with Gasteiger partial charge in [-0.05, 0) is 43.3 Å². The third kappa shape index (κ3) is 3.72. The Labute approximate surface area is 209 Å². The molecule has 0 amide bonds. The number of benzene rings is 3. The first-order valence-corrected chi connectivity index (χ1v) is 12.2. The average Bonchev–Trinajstić information content (AvgIpc) is 3.56. The van der Waals surface area contributed by atoms with Crippen molar-refractivity contribution < 1.29 is 9.26 Å². The van der Waals surface area contributed by atoms with Crippen LogP contribution >= 0.6 is 11.8 Å². The van der Waals surface area contributed by atoms with E-state index in [0.29, 0.717) is 39.5 Å². The molecule has 0 saturated carbocycles. The molecule has 0 unspecified atom stereocenters. The van der Waals surface area contributed by atoms with E-state index in [-0.39, 0.29) is 5.56 Å². The fourth-order valence-corrected chi connectivity index (χ4v) is 4.85. The molecule has 0 aliphatic carbocycles. The zero-order valence-corrected chi connectivity index (χ0v) is 20.3. The lowest BCUT2D eigenvalue weighted by atomic mass is 10.2. The van der Waals surface area contributed by atoms with Crippen LogP contribution in [0.4, 0.5) is 0 Å². The van der Waals surface area contributed by atoms with Crippen molar-refractivity contribution in [1.82, 2.24) is 29.3 Å². The summed E-state index contributed by atoms with van der Waals surface area (Å²) in [4.78, 5) is 18.0. The number of hydrogen-bond acceptors (Lipinski definition) is 8. The van der Waals surface area contributed by atoms with Gasteiger partial charge in [0.1, 0.15) is 5.75 Å². The summed E-state index contributed by atoms with van der Waals surface area (Å²) in [6.07, 6.45) is 0. The molecule has 3 heterocycles. The van der Waals surface area contributed by atoms with Crippen LogP contribution in [0.15, 0.2) is 87.3 Å². The predicted octanol–water partition coefficient (Wildman–Crippen LogP) is 4.69. The topological polar surface area (TPSA) is 100 Å². The number of ether oxygens (including phenoxy) is 1. The molecule has 10 heteroatoms. The summed E-state index contributed by atoms with van der Waals surface area (Å²) in [5.41, 5.74) is 3.16. The number of aromatic nitrogens is 6. The number of hydrogen-bond donors (Lipinski definition) is 0. The maximum Gasteiger partial charge on any atom is 0.267 e. The van der Waals surface area contributed by atoms with Crippen LogP contribution in [0, 0.1) is 6.92 Å². The molecule has 0 radical (unpaired) electrons. The molecule has 0 fully saturated rings. The van der Waals surface area contributed by atoms with E-state index in [1.807, 2.05) is 84.1 Å². The molecule has 6 aromatic rings. The van der Waals surface area contributed by atoms with Crippen molar-refractivity contribution in [2.75, 3.05) is 7.11 Å². The van der Waals surface area contributed by atoms with Gasteiger partial charge in [-0.25, -0.2) is 4.57 Å². The van der Waals surface area contributed by atoms with Crippen LogP contribution in [0.1, 0.15) is 11.5 Å². The van der Waals surface area contributed by atoms with E-state index >= 15 is 0 Å². The van der Waals surface area contributed by atoms with Gasteiger partial charge in [-0.3, -0.25) is 9.20 Å². The van der Waals surface area contributed by atoms with Crippen LogP contribution in [-0.2, 0) is 5.75 Å². The fourth-order valence-electron chi connectivity index (χ4n) is 4.08. The highest BCUT2D eigenvalue weighted by molar-refractivity contribution is 7.98. The summed E-state index contributed by atoms with van der Waals surface area (Å²) in [5, 5.41) is 14.1. The molecule has 6 rings (SSSR count). The van der Waals surface area contributed by atoms with Crippen molar-refractivity contribution in [2.24, 2.45) is 0 Å². The molecule has 3 aromatic heterocycles. The van der Waals surface area contributed by atoms with Crippen LogP contribution in [0.3, 0.4) is 0 Å². The van der Waals surface area contributed by atoms with Crippen LogP contribution in [0.5, 0.6) is 5.75 Å². The number of thioether (sulfide) groups is 1.